The molecule has 0 saturated carbocycles. The highest BCUT2D eigenvalue weighted by Crippen LogP contribution is 2.55. The lowest BCUT2D eigenvalue weighted by Crippen LogP contribution is -3.00. The summed E-state index contributed by atoms with van der Waals surface area (Å²) in [6.07, 6.45) is 0.0267. The third-order valence-electron chi connectivity index (χ3n) is 4.96. The summed E-state index contributed by atoms with van der Waals surface area (Å²) >= 11 is 0. The number of carboxylic acids is 1. The molecule has 0 aliphatic heterocycles. The molecule has 0 saturated heterocycles. The number of carbonyl (C=O) groups is 2. The molecule has 0 spiro atoms. The summed E-state index contributed by atoms with van der Waals surface area (Å²) in [4.78, 5) is 23.4. The molecular formula is C24H25BrNO4P. The highest BCUT2D eigenvalue weighted by molar-refractivity contribution is 7.95. The Bertz CT molecular complexity index is 874. The van der Waals surface area contributed by atoms with E-state index in [0.29, 0.717) is 0 Å². The Kier molecular flexibility index (Phi) is 9.38. The number of esters is 1. The lowest BCUT2D eigenvalue weighted by molar-refractivity contribution is -0.143. The van der Waals surface area contributed by atoms with Crippen LogP contribution in [0.3, 0.4) is 0 Å². The first-order valence-corrected chi connectivity index (χ1v) is 11.7. The van der Waals surface area contributed by atoms with E-state index in [1.54, 1.807) is 0 Å². The van der Waals surface area contributed by atoms with Crippen LogP contribution < -0.4 is 38.6 Å². The summed E-state index contributed by atoms with van der Waals surface area (Å²) in [5.41, 5.74) is 5.89. The topological polar surface area (TPSA) is 89.6 Å². The van der Waals surface area contributed by atoms with E-state index in [4.69, 9.17) is 15.6 Å². The Morgan fingerprint density at radius 1 is 0.806 bits per heavy atom. The van der Waals surface area contributed by atoms with Crippen molar-refractivity contribution in [2.75, 3.05) is 6.35 Å². The number of halogens is 1. The zero-order valence-electron chi connectivity index (χ0n) is 16.9. The molecule has 3 rings (SSSR count). The van der Waals surface area contributed by atoms with Crippen LogP contribution in [0.4, 0.5) is 0 Å². The predicted octanol–water partition coefficient (Wildman–Crippen LogP) is -0.323. The number of hydrogen-bond donors (Lipinski definition) is 2. The van der Waals surface area contributed by atoms with Crippen molar-refractivity contribution >= 4 is 35.1 Å². The van der Waals surface area contributed by atoms with Crippen LogP contribution in [0.25, 0.3) is 0 Å². The van der Waals surface area contributed by atoms with Crippen LogP contribution in [0.1, 0.15) is 12.8 Å². The smallest absolute Gasteiger partial charge is 0.325 e. The number of nitrogens with two attached hydrogens (primary N) is 1. The van der Waals surface area contributed by atoms with Crippen LogP contribution in [0.5, 0.6) is 0 Å². The standard InChI is InChI=1S/C24H24NO4P.BrH/c25-22(16-17-23(26)27)24(28)29-18-30(19-10-4-1-5-11-19,20-12-6-2-7-13-20)21-14-8-3-9-15-21;/h1-15,22H,16-18,25H2;1H/t22-;/m0./s1. The van der Waals surface area contributed by atoms with Crippen molar-refractivity contribution in [2.45, 2.75) is 18.9 Å². The van der Waals surface area contributed by atoms with Crippen molar-refractivity contribution < 1.29 is 36.4 Å². The molecule has 3 N–H and O–H groups in total. The van der Waals surface area contributed by atoms with Gasteiger partial charge in [0.2, 0.25) is 6.35 Å². The fourth-order valence-corrected chi connectivity index (χ4v) is 7.09. The Hall–Kier alpha value is -2.53. The summed E-state index contributed by atoms with van der Waals surface area (Å²) in [5, 5.41) is 12.1. The maximum atomic E-state index is 12.6. The van der Waals surface area contributed by atoms with Crippen molar-refractivity contribution in [2.24, 2.45) is 5.73 Å². The summed E-state index contributed by atoms with van der Waals surface area (Å²) in [5.74, 6) is -1.57. The van der Waals surface area contributed by atoms with E-state index in [1.807, 2.05) is 54.6 Å². The van der Waals surface area contributed by atoms with Crippen molar-refractivity contribution in [3.8, 4) is 0 Å². The van der Waals surface area contributed by atoms with Gasteiger partial charge < -0.3 is 32.6 Å². The van der Waals surface area contributed by atoms with Crippen molar-refractivity contribution in [3.63, 3.8) is 0 Å². The highest BCUT2D eigenvalue weighted by Gasteiger charge is 2.47. The van der Waals surface area contributed by atoms with Crippen LogP contribution in [-0.2, 0) is 14.3 Å². The second-order valence-electron chi connectivity index (χ2n) is 6.95. The maximum Gasteiger partial charge on any atom is 0.325 e. The van der Waals surface area contributed by atoms with Crippen molar-refractivity contribution in [1.82, 2.24) is 0 Å². The minimum Gasteiger partial charge on any atom is -1.00 e. The van der Waals surface area contributed by atoms with E-state index in [-0.39, 0.29) is 36.2 Å². The van der Waals surface area contributed by atoms with Gasteiger partial charge in [-0.2, -0.15) is 0 Å². The van der Waals surface area contributed by atoms with Gasteiger partial charge in [0, 0.05) is 6.42 Å². The maximum absolute atomic E-state index is 12.6. The molecule has 0 aliphatic carbocycles. The second kappa shape index (κ2) is 11.8. The molecule has 3 aromatic rings. The number of ether oxygens (including phenoxy) is 1. The average molecular weight is 502 g/mol. The van der Waals surface area contributed by atoms with E-state index in [9.17, 15) is 9.59 Å². The van der Waals surface area contributed by atoms with Gasteiger partial charge in [-0.05, 0) is 42.8 Å². The predicted molar refractivity (Wildman–Crippen MR) is 121 cm³/mol. The number of hydrogen-bond acceptors (Lipinski definition) is 4. The molecule has 3 aromatic carbocycles. The molecule has 0 aromatic heterocycles. The Morgan fingerprint density at radius 3 is 1.55 bits per heavy atom. The van der Waals surface area contributed by atoms with Crippen molar-refractivity contribution in [3.05, 3.63) is 91.0 Å². The number of aliphatic carboxylic acids is 1. The van der Waals surface area contributed by atoms with E-state index < -0.39 is 25.2 Å². The van der Waals surface area contributed by atoms with Gasteiger partial charge in [-0.3, -0.25) is 9.59 Å². The molecule has 0 radical (unpaired) electrons. The zero-order valence-corrected chi connectivity index (χ0v) is 19.4. The minimum absolute atomic E-state index is 0. The summed E-state index contributed by atoms with van der Waals surface area (Å²) in [6, 6.07) is 29.2. The Balaban J connectivity index is 0.00000341. The first-order chi connectivity index (χ1) is 14.5. The van der Waals surface area contributed by atoms with E-state index in [2.05, 4.69) is 36.4 Å². The third kappa shape index (κ3) is 6.01. The van der Waals surface area contributed by atoms with Crippen molar-refractivity contribution in [1.29, 1.82) is 0 Å². The number of rotatable bonds is 9. The molecule has 5 nitrogen and oxygen atoms in total. The van der Waals surface area contributed by atoms with Gasteiger partial charge in [-0.25, -0.2) is 0 Å². The molecule has 0 fully saturated rings. The third-order valence-corrected chi connectivity index (χ3v) is 9.02. The number of benzene rings is 3. The van der Waals surface area contributed by atoms with Gasteiger partial charge >= 0.3 is 11.9 Å². The van der Waals surface area contributed by atoms with Gasteiger partial charge in [-0.15, -0.1) is 0 Å². The lowest BCUT2D eigenvalue weighted by atomic mass is 10.2. The lowest BCUT2D eigenvalue weighted by Gasteiger charge is -2.27. The molecule has 0 bridgehead atoms. The highest BCUT2D eigenvalue weighted by atomic mass is 79.9. The Labute approximate surface area is 193 Å². The molecular weight excluding hydrogens is 477 g/mol. The fraction of sp³-hybridized carbons (Fsp3) is 0.167. The van der Waals surface area contributed by atoms with Crippen LogP contribution in [-0.4, -0.2) is 29.4 Å². The minimum atomic E-state index is -2.30. The van der Waals surface area contributed by atoms with Gasteiger partial charge in [-0.1, -0.05) is 54.6 Å². The van der Waals surface area contributed by atoms with Crippen LogP contribution >= 0.6 is 7.26 Å². The quantitative estimate of drug-likeness (QED) is 0.309. The van der Waals surface area contributed by atoms with Crippen LogP contribution in [0.2, 0.25) is 0 Å². The molecule has 0 aliphatic rings. The number of carboxylic acid groups (broad SMARTS) is 1. The molecule has 1 atom stereocenters. The molecule has 0 unspecified atom stereocenters. The number of carbonyl (C=O) groups excluding carboxylic acids is 1. The summed E-state index contributed by atoms with van der Waals surface area (Å²) in [7, 11) is -2.30. The normalized spacial score (nSPS) is 11.8. The molecule has 0 heterocycles. The average Bonchev–Trinajstić information content (AvgIpc) is 2.80. The van der Waals surface area contributed by atoms with Crippen LogP contribution in [0, 0.1) is 0 Å². The van der Waals surface area contributed by atoms with Gasteiger partial charge in [0.1, 0.15) is 22.0 Å². The molecule has 7 heteroatoms. The van der Waals surface area contributed by atoms with E-state index >= 15 is 0 Å². The van der Waals surface area contributed by atoms with E-state index in [0.717, 1.165) is 15.9 Å². The zero-order chi connectivity index (χ0) is 21.4. The monoisotopic (exact) mass is 501 g/mol. The van der Waals surface area contributed by atoms with E-state index in [1.165, 1.54) is 0 Å². The first kappa shape index (κ1) is 24.7. The summed E-state index contributed by atoms with van der Waals surface area (Å²) < 4.78 is 5.76. The largest absolute Gasteiger partial charge is 1.00 e. The first-order valence-electron chi connectivity index (χ1n) is 9.73. The van der Waals surface area contributed by atoms with Gasteiger partial charge in [0.05, 0.1) is 0 Å². The molecule has 162 valence electrons. The second-order valence-corrected chi connectivity index (χ2v) is 10.4. The molecule has 0 amide bonds. The van der Waals surface area contributed by atoms with Crippen LogP contribution in [0.15, 0.2) is 91.0 Å². The Morgan fingerprint density at radius 2 is 1.19 bits per heavy atom. The SMILES string of the molecule is N[C@@H](CCC(=O)O)C(=O)OC[P+](c1ccccc1)(c1ccccc1)c1ccccc1.[Br-]. The van der Waals surface area contributed by atoms with Gasteiger partial charge in [0.15, 0.2) is 7.26 Å². The van der Waals surface area contributed by atoms with Gasteiger partial charge in [0.25, 0.3) is 0 Å². The summed E-state index contributed by atoms with van der Waals surface area (Å²) in [6.45, 7) is 0. The fourth-order valence-electron chi connectivity index (χ4n) is 3.38. The molecule has 31 heavy (non-hydrogen) atoms.